The van der Waals surface area contributed by atoms with Crippen LogP contribution in [0.1, 0.15) is 11.1 Å². The molecule has 1 heterocycles. The Morgan fingerprint density at radius 1 is 0.347 bits per heavy atom. The van der Waals surface area contributed by atoms with Crippen molar-refractivity contribution in [2.24, 2.45) is 0 Å². The lowest BCUT2D eigenvalue weighted by molar-refractivity contribution is 1.18. The standard InChI is InChI=1S/C46H27N3/c47-28-30-11-9-13-33(23-30)45-39-17-1-3-19-41(39)46(42-20-4-2-18-40(42)45)34-14-10-12-32(26-34)35-24-31(29-48)25-36(27-35)49-43-21-7-5-15-37(43)38-16-6-8-22-44(38)49/h1-27H. The molecule has 49 heavy (non-hydrogen) atoms. The van der Waals surface area contributed by atoms with E-state index in [1.807, 2.05) is 30.3 Å². The predicted octanol–water partition coefficient (Wildman–Crippen LogP) is 11.8. The Balaban J connectivity index is 1.27. The molecule has 0 fully saturated rings. The first-order valence-electron chi connectivity index (χ1n) is 16.3. The molecule has 0 amide bonds. The minimum absolute atomic E-state index is 0.611. The minimum Gasteiger partial charge on any atom is -0.309 e. The van der Waals surface area contributed by atoms with Crippen LogP contribution < -0.4 is 0 Å². The van der Waals surface area contributed by atoms with Crippen LogP contribution >= 0.6 is 0 Å². The molecule has 226 valence electrons. The first-order chi connectivity index (χ1) is 24.2. The van der Waals surface area contributed by atoms with Gasteiger partial charge in [-0.25, -0.2) is 0 Å². The molecule has 0 N–H and O–H groups in total. The largest absolute Gasteiger partial charge is 0.309 e. The molecule has 9 aromatic rings. The van der Waals surface area contributed by atoms with Gasteiger partial charge in [0.1, 0.15) is 0 Å². The van der Waals surface area contributed by atoms with Gasteiger partial charge in [0.2, 0.25) is 0 Å². The van der Waals surface area contributed by atoms with Crippen molar-refractivity contribution in [3.8, 4) is 51.2 Å². The molecule has 8 aromatic carbocycles. The van der Waals surface area contributed by atoms with Gasteiger partial charge >= 0.3 is 0 Å². The van der Waals surface area contributed by atoms with E-state index in [4.69, 9.17) is 0 Å². The molecular formula is C46H27N3. The van der Waals surface area contributed by atoms with Crippen LogP contribution in [0.3, 0.4) is 0 Å². The lowest BCUT2D eigenvalue weighted by Crippen LogP contribution is -1.96. The zero-order valence-corrected chi connectivity index (χ0v) is 26.4. The number of nitriles is 2. The zero-order chi connectivity index (χ0) is 32.9. The van der Waals surface area contributed by atoms with Crippen LogP contribution in [0.4, 0.5) is 0 Å². The molecular weight excluding hydrogens is 595 g/mol. The highest BCUT2D eigenvalue weighted by Gasteiger charge is 2.18. The third-order valence-electron chi connectivity index (χ3n) is 9.58. The Hall–Kier alpha value is -6.94. The molecule has 0 atom stereocenters. The van der Waals surface area contributed by atoms with Crippen molar-refractivity contribution in [1.29, 1.82) is 10.5 Å². The molecule has 9 rings (SSSR count). The van der Waals surface area contributed by atoms with Crippen molar-refractivity contribution in [2.75, 3.05) is 0 Å². The van der Waals surface area contributed by atoms with Gasteiger partial charge in [-0.05, 0) is 103 Å². The van der Waals surface area contributed by atoms with Crippen LogP contribution in [-0.2, 0) is 0 Å². The van der Waals surface area contributed by atoms with Crippen LogP contribution in [0.5, 0.6) is 0 Å². The summed E-state index contributed by atoms with van der Waals surface area (Å²) < 4.78 is 2.26. The molecule has 0 aliphatic heterocycles. The summed E-state index contributed by atoms with van der Waals surface area (Å²) in [6.45, 7) is 0. The summed E-state index contributed by atoms with van der Waals surface area (Å²) in [5.74, 6) is 0. The van der Waals surface area contributed by atoms with Crippen molar-refractivity contribution in [1.82, 2.24) is 4.57 Å². The van der Waals surface area contributed by atoms with Gasteiger partial charge in [0.15, 0.2) is 0 Å². The van der Waals surface area contributed by atoms with Gasteiger partial charge in [0.25, 0.3) is 0 Å². The summed E-state index contributed by atoms with van der Waals surface area (Å²) >= 11 is 0. The van der Waals surface area contributed by atoms with Gasteiger partial charge < -0.3 is 4.57 Å². The predicted molar refractivity (Wildman–Crippen MR) is 202 cm³/mol. The quantitative estimate of drug-likeness (QED) is 0.184. The molecule has 0 bridgehead atoms. The second-order valence-corrected chi connectivity index (χ2v) is 12.4. The topological polar surface area (TPSA) is 52.5 Å². The molecule has 0 aliphatic rings. The third kappa shape index (κ3) is 4.57. The van der Waals surface area contributed by atoms with Crippen molar-refractivity contribution >= 4 is 43.4 Å². The van der Waals surface area contributed by atoms with Gasteiger partial charge in [-0.2, -0.15) is 10.5 Å². The van der Waals surface area contributed by atoms with E-state index in [1.165, 1.54) is 10.8 Å². The Morgan fingerprint density at radius 2 is 0.796 bits per heavy atom. The molecule has 0 unspecified atom stereocenters. The Bertz CT molecular complexity index is 2750. The minimum atomic E-state index is 0.611. The van der Waals surface area contributed by atoms with Crippen molar-refractivity contribution in [3.05, 3.63) is 175 Å². The van der Waals surface area contributed by atoms with E-state index < -0.39 is 0 Å². The normalized spacial score (nSPS) is 11.2. The fourth-order valence-corrected chi connectivity index (χ4v) is 7.52. The number of aromatic nitrogens is 1. The molecule has 0 spiro atoms. The summed E-state index contributed by atoms with van der Waals surface area (Å²) in [6.07, 6.45) is 0. The number of hydrogen-bond acceptors (Lipinski definition) is 2. The highest BCUT2D eigenvalue weighted by Crippen LogP contribution is 2.44. The van der Waals surface area contributed by atoms with Crippen molar-refractivity contribution in [2.45, 2.75) is 0 Å². The highest BCUT2D eigenvalue weighted by atomic mass is 15.0. The van der Waals surface area contributed by atoms with Gasteiger partial charge in [0, 0.05) is 16.5 Å². The highest BCUT2D eigenvalue weighted by molar-refractivity contribution is 6.21. The molecule has 0 saturated carbocycles. The number of benzene rings is 8. The van der Waals surface area contributed by atoms with E-state index in [2.05, 4.69) is 150 Å². The van der Waals surface area contributed by atoms with Gasteiger partial charge in [-0.3, -0.25) is 0 Å². The molecule has 1 aromatic heterocycles. The summed E-state index contributed by atoms with van der Waals surface area (Å²) in [5.41, 5.74) is 10.9. The lowest BCUT2D eigenvalue weighted by atomic mass is 9.85. The molecule has 3 nitrogen and oxygen atoms in total. The fourth-order valence-electron chi connectivity index (χ4n) is 7.52. The SMILES string of the molecule is N#Cc1cccc(-c2c3ccccc3c(-c3cccc(-c4cc(C#N)cc(-n5c6ccccc6c6ccccc65)c4)c3)c3ccccc23)c1. The van der Waals surface area contributed by atoms with Crippen LogP contribution in [-0.4, -0.2) is 4.57 Å². The number of rotatable bonds is 4. The maximum atomic E-state index is 10.2. The van der Waals surface area contributed by atoms with E-state index >= 15 is 0 Å². The molecule has 0 radical (unpaired) electrons. The molecule has 0 saturated heterocycles. The maximum Gasteiger partial charge on any atom is 0.0992 e. The zero-order valence-electron chi connectivity index (χ0n) is 26.4. The average molecular weight is 622 g/mol. The van der Waals surface area contributed by atoms with Crippen LogP contribution in [0.2, 0.25) is 0 Å². The summed E-state index contributed by atoms with van der Waals surface area (Å²) in [7, 11) is 0. The first kappa shape index (κ1) is 28.3. The first-order valence-corrected chi connectivity index (χ1v) is 16.3. The second-order valence-electron chi connectivity index (χ2n) is 12.4. The van der Waals surface area contributed by atoms with Crippen LogP contribution in [0, 0.1) is 22.7 Å². The Morgan fingerprint density at radius 3 is 1.35 bits per heavy atom. The Kier molecular flexibility index (Phi) is 6.58. The summed E-state index contributed by atoms with van der Waals surface area (Å²) in [5, 5.41) is 26.8. The summed E-state index contributed by atoms with van der Waals surface area (Å²) in [4.78, 5) is 0. The lowest BCUT2D eigenvalue weighted by Gasteiger charge is -2.18. The van der Waals surface area contributed by atoms with Gasteiger partial charge in [-0.1, -0.05) is 115 Å². The van der Waals surface area contributed by atoms with E-state index in [0.717, 1.165) is 71.6 Å². The molecule has 3 heteroatoms. The molecule has 0 aliphatic carbocycles. The number of para-hydroxylation sites is 2. The summed E-state index contributed by atoms with van der Waals surface area (Å²) in [6, 6.07) is 61.4. The third-order valence-corrected chi connectivity index (χ3v) is 9.58. The number of fused-ring (bicyclic) bond motifs is 5. The van der Waals surface area contributed by atoms with E-state index in [0.29, 0.717) is 11.1 Å². The smallest absolute Gasteiger partial charge is 0.0992 e. The Labute approximate surface area is 283 Å². The van der Waals surface area contributed by atoms with Crippen LogP contribution in [0.25, 0.3) is 82.4 Å². The van der Waals surface area contributed by atoms with E-state index in [-0.39, 0.29) is 0 Å². The van der Waals surface area contributed by atoms with Crippen LogP contribution in [0.15, 0.2) is 164 Å². The number of hydrogen-bond donors (Lipinski definition) is 0. The maximum absolute atomic E-state index is 10.2. The second kappa shape index (κ2) is 11.4. The average Bonchev–Trinajstić information content (AvgIpc) is 3.51. The number of nitrogens with zero attached hydrogens (tertiary/aromatic N) is 3. The fraction of sp³-hybridized carbons (Fsp3) is 0. The van der Waals surface area contributed by atoms with Gasteiger partial charge in [-0.15, -0.1) is 0 Å². The van der Waals surface area contributed by atoms with Crippen molar-refractivity contribution < 1.29 is 0 Å². The van der Waals surface area contributed by atoms with Gasteiger partial charge in [0.05, 0.1) is 34.3 Å². The van der Waals surface area contributed by atoms with E-state index in [9.17, 15) is 10.5 Å². The van der Waals surface area contributed by atoms with Crippen molar-refractivity contribution in [3.63, 3.8) is 0 Å². The monoisotopic (exact) mass is 621 g/mol. The van der Waals surface area contributed by atoms with E-state index in [1.54, 1.807) is 0 Å².